The second-order valence-electron chi connectivity index (χ2n) is 5.99. The Morgan fingerprint density at radius 3 is 2.00 bits per heavy atom. The van der Waals surface area contributed by atoms with Gasteiger partial charge in [0.15, 0.2) is 0 Å². The van der Waals surface area contributed by atoms with Crippen LogP contribution >= 0.6 is 11.8 Å². The Morgan fingerprint density at radius 2 is 1.56 bits per heavy atom. The largest absolute Gasteiger partial charge is 0.481 e. The number of rotatable bonds is 14. The molecule has 4 atom stereocenters. The molecule has 0 aliphatic carbocycles. The molecular weight excluding hydrogens is 382 g/mol. The lowest BCUT2D eigenvalue weighted by Gasteiger charge is -2.16. The van der Waals surface area contributed by atoms with Gasteiger partial charge in [-0.05, 0) is 13.3 Å². The Hall–Kier alpha value is -2.18. The number of aliphatic carboxylic acids is 3. The van der Waals surface area contributed by atoms with E-state index in [0.717, 1.165) is 11.8 Å². The Kier molecular flexibility index (Phi) is 11.3. The van der Waals surface area contributed by atoms with Crippen LogP contribution in [0, 0.1) is 5.92 Å². The van der Waals surface area contributed by atoms with E-state index in [0.29, 0.717) is 0 Å². The van der Waals surface area contributed by atoms with Gasteiger partial charge in [0.05, 0.1) is 12.0 Å². The highest BCUT2D eigenvalue weighted by atomic mass is 32.2. The molecule has 0 saturated heterocycles. The lowest BCUT2D eigenvalue weighted by Crippen LogP contribution is -2.47. The number of amides is 1. The van der Waals surface area contributed by atoms with Crippen LogP contribution in [-0.4, -0.2) is 74.5 Å². The SMILES string of the molecule is C[C@H](N)C(=O)N[C@H](CCC(=O)C[C@H](CSC[C@H](N)C(=O)O)C(=O)O)C(=O)O. The van der Waals surface area contributed by atoms with E-state index in [9.17, 15) is 24.0 Å². The van der Waals surface area contributed by atoms with Gasteiger partial charge in [-0.25, -0.2) is 4.79 Å². The van der Waals surface area contributed by atoms with Gasteiger partial charge in [0.25, 0.3) is 0 Å². The van der Waals surface area contributed by atoms with Crippen LogP contribution in [-0.2, 0) is 24.0 Å². The number of nitrogens with one attached hydrogen (secondary N) is 1. The number of nitrogens with two attached hydrogens (primary N) is 2. The van der Waals surface area contributed by atoms with E-state index in [1.807, 2.05) is 0 Å². The second kappa shape index (κ2) is 12.3. The molecule has 154 valence electrons. The summed E-state index contributed by atoms with van der Waals surface area (Å²) in [6.45, 7) is 1.38. The number of carboxylic acids is 3. The average Bonchev–Trinajstić information content (AvgIpc) is 2.56. The van der Waals surface area contributed by atoms with Crippen molar-refractivity contribution in [3.8, 4) is 0 Å². The van der Waals surface area contributed by atoms with E-state index in [4.69, 9.17) is 26.8 Å². The summed E-state index contributed by atoms with van der Waals surface area (Å²) in [5.41, 5.74) is 10.7. The van der Waals surface area contributed by atoms with E-state index in [1.54, 1.807) is 0 Å². The molecule has 0 aromatic carbocycles. The highest BCUT2D eigenvalue weighted by Gasteiger charge is 2.25. The highest BCUT2D eigenvalue weighted by molar-refractivity contribution is 7.99. The molecule has 0 spiro atoms. The van der Waals surface area contributed by atoms with Gasteiger partial charge in [-0.3, -0.25) is 19.2 Å². The van der Waals surface area contributed by atoms with Gasteiger partial charge in [0, 0.05) is 24.3 Å². The summed E-state index contributed by atoms with van der Waals surface area (Å²) in [6, 6.07) is -3.35. The van der Waals surface area contributed by atoms with Crippen molar-refractivity contribution in [2.75, 3.05) is 11.5 Å². The van der Waals surface area contributed by atoms with Gasteiger partial charge in [0.2, 0.25) is 5.91 Å². The summed E-state index contributed by atoms with van der Waals surface area (Å²) in [7, 11) is 0. The van der Waals surface area contributed by atoms with Crippen LogP contribution in [0.2, 0.25) is 0 Å². The molecule has 0 aliphatic heterocycles. The van der Waals surface area contributed by atoms with E-state index >= 15 is 0 Å². The fourth-order valence-electron chi connectivity index (χ4n) is 1.87. The summed E-state index contributed by atoms with van der Waals surface area (Å²) in [5, 5.41) is 29.1. The Bertz CT molecular complexity index is 569. The van der Waals surface area contributed by atoms with E-state index < -0.39 is 53.6 Å². The Balaban J connectivity index is 4.54. The fraction of sp³-hybridized carbons (Fsp3) is 0.667. The lowest BCUT2D eigenvalue weighted by molar-refractivity contribution is -0.144. The van der Waals surface area contributed by atoms with Crippen molar-refractivity contribution in [3.05, 3.63) is 0 Å². The summed E-state index contributed by atoms with van der Waals surface area (Å²) in [4.78, 5) is 56.4. The smallest absolute Gasteiger partial charge is 0.326 e. The number of carboxylic acid groups (broad SMARTS) is 3. The third kappa shape index (κ3) is 10.5. The lowest BCUT2D eigenvalue weighted by atomic mass is 10.00. The van der Waals surface area contributed by atoms with Gasteiger partial charge in [-0.2, -0.15) is 11.8 Å². The first-order valence-corrected chi connectivity index (χ1v) is 9.20. The summed E-state index contributed by atoms with van der Waals surface area (Å²) >= 11 is 1.01. The van der Waals surface area contributed by atoms with Gasteiger partial charge in [0.1, 0.15) is 17.9 Å². The molecule has 0 unspecified atom stereocenters. The van der Waals surface area contributed by atoms with Crippen LogP contribution in [0.25, 0.3) is 0 Å². The minimum Gasteiger partial charge on any atom is -0.481 e. The molecule has 0 rings (SSSR count). The molecule has 0 saturated carbocycles. The minimum absolute atomic E-state index is 0.00228. The van der Waals surface area contributed by atoms with Crippen molar-refractivity contribution in [1.29, 1.82) is 0 Å². The molecule has 0 radical (unpaired) electrons. The molecule has 12 heteroatoms. The van der Waals surface area contributed by atoms with Gasteiger partial charge < -0.3 is 32.1 Å². The first-order valence-electron chi connectivity index (χ1n) is 8.05. The van der Waals surface area contributed by atoms with Gasteiger partial charge >= 0.3 is 17.9 Å². The summed E-state index contributed by atoms with van der Waals surface area (Å²) in [6.07, 6.45) is -0.770. The molecule has 1 amide bonds. The van der Waals surface area contributed by atoms with Crippen molar-refractivity contribution in [2.45, 2.75) is 44.3 Å². The first kappa shape index (κ1) is 24.8. The molecule has 0 bridgehead atoms. The predicted octanol–water partition coefficient (Wildman–Crippen LogP) is -1.51. The number of carbonyl (C=O) groups excluding carboxylic acids is 2. The Labute approximate surface area is 159 Å². The van der Waals surface area contributed by atoms with Crippen LogP contribution in [0.3, 0.4) is 0 Å². The van der Waals surface area contributed by atoms with Crippen molar-refractivity contribution in [3.63, 3.8) is 0 Å². The molecule has 0 aromatic heterocycles. The minimum atomic E-state index is -1.33. The molecule has 0 aromatic rings. The summed E-state index contributed by atoms with van der Waals surface area (Å²) < 4.78 is 0. The van der Waals surface area contributed by atoms with Crippen LogP contribution in [0.1, 0.15) is 26.2 Å². The van der Waals surface area contributed by atoms with Crippen molar-refractivity contribution < 1.29 is 39.3 Å². The van der Waals surface area contributed by atoms with Crippen LogP contribution in [0.15, 0.2) is 0 Å². The zero-order valence-electron chi connectivity index (χ0n) is 14.8. The highest BCUT2D eigenvalue weighted by Crippen LogP contribution is 2.16. The second-order valence-corrected chi connectivity index (χ2v) is 7.06. The number of carbonyl (C=O) groups is 5. The maximum Gasteiger partial charge on any atom is 0.326 e. The third-order valence-electron chi connectivity index (χ3n) is 3.50. The van der Waals surface area contributed by atoms with E-state index in [-0.39, 0.29) is 30.8 Å². The van der Waals surface area contributed by atoms with Crippen LogP contribution in [0.5, 0.6) is 0 Å². The van der Waals surface area contributed by atoms with Crippen molar-refractivity contribution in [2.24, 2.45) is 17.4 Å². The predicted molar refractivity (Wildman–Crippen MR) is 96.1 cm³/mol. The van der Waals surface area contributed by atoms with Crippen LogP contribution in [0.4, 0.5) is 0 Å². The van der Waals surface area contributed by atoms with Gasteiger partial charge in [-0.15, -0.1) is 0 Å². The third-order valence-corrected chi connectivity index (χ3v) is 4.73. The zero-order valence-corrected chi connectivity index (χ0v) is 15.6. The molecule has 27 heavy (non-hydrogen) atoms. The molecule has 11 nitrogen and oxygen atoms in total. The zero-order chi connectivity index (χ0) is 21.1. The monoisotopic (exact) mass is 407 g/mol. The Morgan fingerprint density at radius 1 is 0.963 bits per heavy atom. The molecular formula is C15H25N3O8S. The van der Waals surface area contributed by atoms with Crippen LogP contribution < -0.4 is 16.8 Å². The maximum atomic E-state index is 12.0. The number of hydrogen-bond acceptors (Lipinski definition) is 8. The average molecular weight is 407 g/mol. The quantitative estimate of drug-likeness (QED) is 0.195. The normalized spacial score (nSPS) is 15.2. The number of hydrogen-bond donors (Lipinski definition) is 6. The molecule has 8 N–H and O–H groups in total. The molecule has 0 aliphatic rings. The molecule has 0 heterocycles. The fourth-order valence-corrected chi connectivity index (χ4v) is 2.95. The number of Topliss-reactive ketones (excluding diaryl/α,β-unsaturated/α-hetero) is 1. The van der Waals surface area contributed by atoms with Crippen molar-refractivity contribution in [1.82, 2.24) is 5.32 Å². The van der Waals surface area contributed by atoms with Gasteiger partial charge in [-0.1, -0.05) is 0 Å². The maximum absolute atomic E-state index is 12.0. The van der Waals surface area contributed by atoms with E-state index in [2.05, 4.69) is 5.32 Å². The van der Waals surface area contributed by atoms with E-state index in [1.165, 1.54) is 6.92 Å². The first-order chi connectivity index (χ1) is 12.5. The van der Waals surface area contributed by atoms with Crippen molar-refractivity contribution >= 4 is 41.4 Å². The standard InChI is InChI=1S/C15H25N3O8S/c1-7(16)12(20)18-11(15(25)26)3-2-9(19)4-8(13(21)22)5-27-6-10(17)14(23)24/h7-8,10-11H,2-6,16-17H2,1H3,(H,18,20)(H,21,22)(H,23,24)(H,25,26)/t7-,8+,10-,11+/m0/s1. The molecule has 0 fully saturated rings. The summed E-state index contributed by atoms with van der Waals surface area (Å²) in [5.74, 6) is -5.98. The number of ketones is 1. The number of thioether (sulfide) groups is 1. The topological polar surface area (TPSA) is 210 Å².